The first kappa shape index (κ1) is 11.2. The molecule has 0 aromatic heterocycles. The number of methoxy groups -OCH3 is 1. The average Bonchev–Trinajstić information content (AvgIpc) is 2.46. The van der Waals surface area contributed by atoms with Gasteiger partial charge >= 0.3 is 5.97 Å². The number of hydrogen-bond acceptors (Lipinski definition) is 3. The minimum absolute atomic E-state index is 0.0640. The lowest BCUT2D eigenvalue weighted by atomic mass is 9.84. The average molecular weight is 198 g/mol. The van der Waals surface area contributed by atoms with Crippen molar-refractivity contribution in [1.82, 2.24) is 0 Å². The van der Waals surface area contributed by atoms with E-state index in [1.54, 1.807) is 0 Å². The van der Waals surface area contributed by atoms with E-state index in [1.807, 2.05) is 13.8 Å². The maximum absolute atomic E-state index is 11.5. The van der Waals surface area contributed by atoms with Gasteiger partial charge < -0.3 is 4.74 Å². The lowest BCUT2D eigenvalue weighted by Gasteiger charge is -2.20. The minimum atomic E-state index is -0.199. The molecule has 0 spiro atoms. The van der Waals surface area contributed by atoms with Crippen molar-refractivity contribution in [3.05, 3.63) is 0 Å². The van der Waals surface area contributed by atoms with Gasteiger partial charge in [0.05, 0.1) is 7.11 Å². The number of esters is 1. The van der Waals surface area contributed by atoms with Crippen molar-refractivity contribution in [1.29, 1.82) is 0 Å². The van der Waals surface area contributed by atoms with Crippen molar-refractivity contribution in [3.8, 4) is 0 Å². The van der Waals surface area contributed by atoms with Gasteiger partial charge in [-0.1, -0.05) is 13.8 Å². The Bertz CT molecular complexity index is 233. The van der Waals surface area contributed by atoms with Crippen LogP contribution >= 0.6 is 0 Å². The van der Waals surface area contributed by atoms with Crippen LogP contribution in [0.2, 0.25) is 0 Å². The molecule has 0 bridgehead atoms. The van der Waals surface area contributed by atoms with Crippen molar-refractivity contribution >= 4 is 11.8 Å². The lowest BCUT2D eigenvalue weighted by Crippen LogP contribution is -2.23. The van der Waals surface area contributed by atoms with Crippen LogP contribution in [0, 0.1) is 17.8 Å². The van der Waals surface area contributed by atoms with E-state index in [1.165, 1.54) is 7.11 Å². The largest absolute Gasteiger partial charge is 0.469 e. The molecule has 0 saturated heterocycles. The van der Waals surface area contributed by atoms with Crippen LogP contribution < -0.4 is 0 Å². The fourth-order valence-corrected chi connectivity index (χ4v) is 2.38. The molecule has 0 aromatic carbocycles. The molecule has 0 aromatic rings. The molecule has 0 heterocycles. The maximum Gasteiger partial charge on any atom is 0.305 e. The number of ketones is 1. The Kier molecular flexibility index (Phi) is 3.67. The number of rotatable bonds is 3. The van der Waals surface area contributed by atoms with Crippen molar-refractivity contribution in [2.45, 2.75) is 33.1 Å². The maximum atomic E-state index is 11.5. The van der Waals surface area contributed by atoms with Gasteiger partial charge in [-0.15, -0.1) is 0 Å². The van der Waals surface area contributed by atoms with Gasteiger partial charge in [0.15, 0.2) is 0 Å². The molecule has 1 aliphatic rings. The molecule has 2 unspecified atom stereocenters. The molecule has 1 saturated carbocycles. The van der Waals surface area contributed by atoms with Crippen molar-refractivity contribution in [2.24, 2.45) is 17.8 Å². The number of carbonyl (C=O) groups excluding carboxylic acids is 2. The van der Waals surface area contributed by atoms with Crippen LogP contribution in [0.1, 0.15) is 33.1 Å². The number of ether oxygens (including phenoxy) is 1. The summed E-state index contributed by atoms with van der Waals surface area (Å²) in [5, 5.41) is 0. The molecule has 1 rings (SSSR count). The van der Waals surface area contributed by atoms with Gasteiger partial charge in [-0.05, 0) is 18.3 Å². The standard InChI is InChI=1S/C11H18O3/c1-7(2)11-8(4-5-9(11)12)6-10(13)14-3/h7-8,11H,4-6H2,1-3H3. The first-order valence-corrected chi connectivity index (χ1v) is 5.15. The number of hydrogen-bond donors (Lipinski definition) is 0. The summed E-state index contributed by atoms with van der Waals surface area (Å²) < 4.78 is 4.63. The highest BCUT2D eigenvalue weighted by atomic mass is 16.5. The Labute approximate surface area is 84.8 Å². The fraction of sp³-hybridized carbons (Fsp3) is 0.818. The summed E-state index contributed by atoms with van der Waals surface area (Å²) >= 11 is 0. The monoisotopic (exact) mass is 198 g/mol. The lowest BCUT2D eigenvalue weighted by molar-refractivity contribution is -0.142. The Hall–Kier alpha value is -0.860. The summed E-state index contributed by atoms with van der Waals surface area (Å²) in [6, 6.07) is 0. The Morgan fingerprint density at radius 1 is 1.57 bits per heavy atom. The smallest absolute Gasteiger partial charge is 0.305 e. The Morgan fingerprint density at radius 2 is 2.21 bits per heavy atom. The third-order valence-corrected chi connectivity index (χ3v) is 3.02. The summed E-state index contributed by atoms with van der Waals surface area (Å²) in [7, 11) is 1.39. The van der Waals surface area contributed by atoms with Gasteiger partial charge in [0.1, 0.15) is 5.78 Å². The minimum Gasteiger partial charge on any atom is -0.469 e. The van der Waals surface area contributed by atoms with Gasteiger partial charge in [-0.25, -0.2) is 0 Å². The summed E-state index contributed by atoms with van der Waals surface area (Å²) in [6.45, 7) is 4.08. The molecule has 3 nitrogen and oxygen atoms in total. The van der Waals surface area contributed by atoms with Crippen LogP contribution in [0.3, 0.4) is 0 Å². The molecular formula is C11H18O3. The molecule has 0 amide bonds. The third-order valence-electron chi connectivity index (χ3n) is 3.02. The van der Waals surface area contributed by atoms with Crippen molar-refractivity contribution in [2.75, 3.05) is 7.11 Å². The van der Waals surface area contributed by atoms with Crippen LogP contribution in [-0.4, -0.2) is 18.9 Å². The third kappa shape index (κ3) is 2.34. The molecule has 2 atom stereocenters. The number of Topliss-reactive ketones (excluding diaryl/α,β-unsaturated/α-hetero) is 1. The van der Waals surface area contributed by atoms with Crippen molar-refractivity contribution < 1.29 is 14.3 Å². The van der Waals surface area contributed by atoms with Gasteiger partial charge in [0, 0.05) is 18.8 Å². The summed E-state index contributed by atoms with van der Waals surface area (Å²) in [6.07, 6.45) is 1.87. The first-order valence-electron chi connectivity index (χ1n) is 5.15. The second kappa shape index (κ2) is 4.58. The molecule has 1 fully saturated rings. The Balaban J connectivity index is 2.60. The number of carbonyl (C=O) groups is 2. The summed E-state index contributed by atoms with van der Waals surface area (Å²) in [5.41, 5.74) is 0. The summed E-state index contributed by atoms with van der Waals surface area (Å²) in [5.74, 6) is 0.716. The van der Waals surface area contributed by atoms with Crippen LogP contribution in [0.25, 0.3) is 0 Å². The van der Waals surface area contributed by atoms with Crippen molar-refractivity contribution in [3.63, 3.8) is 0 Å². The van der Waals surface area contributed by atoms with Crippen LogP contribution in [-0.2, 0) is 14.3 Å². The normalized spacial score (nSPS) is 27.0. The SMILES string of the molecule is COC(=O)CC1CCC(=O)C1C(C)C. The molecule has 14 heavy (non-hydrogen) atoms. The molecule has 0 N–H and O–H groups in total. The molecule has 1 aliphatic carbocycles. The van der Waals surface area contributed by atoms with E-state index in [4.69, 9.17) is 0 Å². The molecule has 0 aliphatic heterocycles. The predicted octanol–water partition coefficient (Wildman–Crippen LogP) is 1.80. The highest BCUT2D eigenvalue weighted by Gasteiger charge is 2.37. The molecule has 3 heteroatoms. The van der Waals surface area contributed by atoms with E-state index in [2.05, 4.69) is 4.74 Å². The molecular weight excluding hydrogens is 180 g/mol. The topological polar surface area (TPSA) is 43.4 Å². The fourth-order valence-electron chi connectivity index (χ4n) is 2.38. The zero-order chi connectivity index (χ0) is 10.7. The van der Waals surface area contributed by atoms with E-state index >= 15 is 0 Å². The van der Waals surface area contributed by atoms with E-state index in [0.717, 1.165) is 6.42 Å². The molecule has 0 radical (unpaired) electrons. The van der Waals surface area contributed by atoms with E-state index in [-0.39, 0.29) is 17.8 Å². The van der Waals surface area contributed by atoms with E-state index in [9.17, 15) is 9.59 Å². The predicted molar refractivity (Wildman–Crippen MR) is 52.7 cm³/mol. The zero-order valence-corrected chi connectivity index (χ0v) is 9.08. The van der Waals surface area contributed by atoms with Gasteiger partial charge in [-0.3, -0.25) is 9.59 Å². The second-order valence-corrected chi connectivity index (χ2v) is 4.32. The highest BCUT2D eigenvalue weighted by molar-refractivity contribution is 5.84. The first-order chi connectivity index (χ1) is 6.56. The van der Waals surface area contributed by atoms with Gasteiger partial charge in [0.25, 0.3) is 0 Å². The highest BCUT2D eigenvalue weighted by Crippen LogP contribution is 2.36. The second-order valence-electron chi connectivity index (χ2n) is 4.32. The van der Waals surface area contributed by atoms with Crippen LogP contribution in [0.4, 0.5) is 0 Å². The van der Waals surface area contributed by atoms with Gasteiger partial charge in [0.2, 0.25) is 0 Å². The zero-order valence-electron chi connectivity index (χ0n) is 9.08. The van der Waals surface area contributed by atoms with Gasteiger partial charge in [-0.2, -0.15) is 0 Å². The van der Waals surface area contributed by atoms with Crippen LogP contribution in [0.5, 0.6) is 0 Å². The van der Waals surface area contributed by atoms with E-state index in [0.29, 0.717) is 24.5 Å². The van der Waals surface area contributed by atoms with Crippen LogP contribution in [0.15, 0.2) is 0 Å². The van der Waals surface area contributed by atoms with E-state index < -0.39 is 0 Å². The molecule has 80 valence electrons. The Morgan fingerprint density at radius 3 is 2.71 bits per heavy atom. The summed E-state index contributed by atoms with van der Waals surface area (Å²) in [4.78, 5) is 22.7. The quantitative estimate of drug-likeness (QED) is 0.649.